The molecule has 0 aromatic carbocycles. The number of hydrogen-bond acceptors (Lipinski definition) is 1. The highest BCUT2D eigenvalue weighted by molar-refractivity contribution is 5.12. The van der Waals surface area contributed by atoms with Gasteiger partial charge in [0.05, 0.1) is 0 Å². The first-order valence-corrected chi connectivity index (χ1v) is 3.15. The molecule has 0 rings (SSSR count). The molecule has 0 radical (unpaired) electrons. The summed E-state index contributed by atoms with van der Waals surface area (Å²) >= 11 is 0. The van der Waals surface area contributed by atoms with Crippen LogP contribution in [0.15, 0.2) is 24.9 Å². The van der Waals surface area contributed by atoms with Gasteiger partial charge in [0, 0.05) is 11.1 Å². The van der Waals surface area contributed by atoms with Gasteiger partial charge in [-0.25, -0.2) is 0 Å². The summed E-state index contributed by atoms with van der Waals surface area (Å²) in [5, 5.41) is 0. The van der Waals surface area contributed by atoms with Crippen molar-refractivity contribution in [1.82, 2.24) is 0 Å². The average molecular weight is 125 g/mol. The summed E-state index contributed by atoms with van der Waals surface area (Å²) in [6.45, 7) is 11.5. The summed E-state index contributed by atoms with van der Waals surface area (Å²) in [6.07, 6.45) is 2.81. The molecular formula is C8H15N. The predicted molar refractivity (Wildman–Crippen MR) is 41.9 cm³/mol. The molecule has 0 aromatic rings. The first-order valence-electron chi connectivity index (χ1n) is 3.15. The van der Waals surface area contributed by atoms with Crippen LogP contribution in [0, 0.1) is 5.41 Å². The monoisotopic (exact) mass is 125 g/mol. The van der Waals surface area contributed by atoms with E-state index in [2.05, 4.69) is 20.1 Å². The third-order valence-electron chi connectivity index (χ3n) is 1.92. The number of rotatable bonds is 3. The summed E-state index contributed by atoms with van der Waals surface area (Å²) in [4.78, 5) is 0. The fraction of sp³-hybridized carbons (Fsp3) is 0.500. The predicted octanol–water partition coefficient (Wildman–Crippen LogP) is 2.06. The van der Waals surface area contributed by atoms with Gasteiger partial charge in [0.2, 0.25) is 0 Å². The van der Waals surface area contributed by atoms with E-state index in [1.54, 1.807) is 0 Å². The van der Waals surface area contributed by atoms with E-state index in [0.717, 1.165) is 6.42 Å². The van der Waals surface area contributed by atoms with E-state index in [0.29, 0.717) is 5.70 Å². The zero-order chi connectivity index (χ0) is 7.49. The Bertz CT molecular complexity index is 127. The van der Waals surface area contributed by atoms with Crippen molar-refractivity contribution in [2.24, 2.45) is 11.1 Å². The molecule has 1 atom stereocenters. The molecule has 0 heterocycles. The molecule has 0 fully saturated rings. The molecule has 0 bridgehead atoms. The highest BCUT2D eigenvalue weighted by atomic mass is 14.6. The minimum Gasteiger partial charge on any atom is -0.402 e. The van der Waals surface area contributed by atoms with Gasteiger partial charge in [0.1, 0.15) is 0 Å². The summed E-state index contributed by atoms with van der Waals surface area (Å²) < 4.78 is 0. The summed E-state index contributed by atoms with van der Waals surface area (Å²) in [5.74, 6) is 0. The van der Waals surface area contributed by atoms with E-state index in [-0.39, 0.29) is 5.41 Å². The van der Waals surface area contributed by atoms with Crippen molar-refractivity contribution in [1.29, 1.82) is 0 Å². The van der Waals surface area contributed by atoms with E-state index >= 15 is 0 Å². The van der Waals surface area contributed by atoms with Gasteiger partial charge in [-0.15, -0.1) is 6.58 Å². The first kappa shape index (κ1) is 8.28. The lowest BCUT2D eigenvalue weighted by molar-refractivity contribution is 0.491. The third-order valence-corrected chi connectivity index (χ3v) is 1.92. The lowest BCUT2D eigenvalue weighted by Gasteiger charge is -2.23. The van der Waals surface area contributed by atoms with Crippen LogP contribution in [-0.4, -0.2) is 0 Å². The van der Waals surface area contributed by atoms with Crippen molar-refractivity contribution >= 4 is 0 Å². The molecule has 1 nitrogen and oxygen atoms in total. The fourth-order valence-corrected chi connectivity index (χ4v) is 0.502. The third kappa shape index (κ3) is 1.60. The highest BCUT2D eigenvalue weighted by Crippen LogP contribution is 2.26. The molecule has 0 saturated heterocycles. The number of hydrogen-bond donors (Lipinski definition) is 1. The molecule has 1 unspecified atom stereocenters. The Morgan fingerprint density at radius 1 is 1.78 bits per heavy atom. The number of nitrogens with two attached hydrogens (primary N) is 1. The molecule has 0 amide bonds. The van der Waals surface area contributed by atoms with Gasteiger partial charge in [0.15, 0.2) is 0 Å². The van der Waals surface area contributed by atoms with E-state index in [9.17, 15) is 0 Å². The Hall–Kier alpha value is -0.720. The fourth-order valence-electron chi connectivity index (χ4n) is 0.502. The van der Waals surface area contributed by atoms with Crippen LogP contribution in [0.2, 0.25) is 0 Å². The molecule has 0 aromatic heterocycles. The van der Waals surface area contributed by atoms with Crippen LogP contribution >= 0.6 is 0 Å². The molecular weight excluding hydrogens is 110 g/mol. The van der Waals surface area contributed by atoms with Gasteiger partial charge >= 0.3 is 0 Å². The SMILES string of the molecule is C=CC(C)(CC)C(=C)N. The Morgan fingerprint density at radius 3 is 2.22 bits per heavy atom. The van der Waals surface area contributed by atoms with Crippen molar-refractivity contribution < 1.29 is 0 Å². The van der Waals surface area contributed by atoms with Crippen LogP contribution in [-0.2, 0) is 0 Å². The smallest absolute Gasteiger partial charge is 0.0238 e. The average Bonchev–Trinajstić information content (AvgIpc) is 1.86. The molecule has 9 heavy (non-hydrogen) atoms. The van der Waals surface area contributed by atoms with Gasteiger partial charge in [-0.05, 0) is 6.42 Å². The molecule has 0 spiro atoms. The molecule has 2 N–H and O–H groups in total. The maximum Gasteiger partial charge on any atom is 0.0238 e. The molecule has 52 valence electrons. The van der Waals surface area contributed by atoms with Crippen LogP contribution in [0.1, 0.15) is 20.3 Å². The normalized spacial score (nSPS) is 16.2. The number of allylic oxidation sites excluding steroid dienone is 1. The zero-order valence-corrected chi connectivity index (χ0v) is 6.28. The van der Waals surface area contributed by atoms with Gasteiger partial charge in [0.25, 0.3) is 0 Å². The lowest BCUT2D eigenvalue weighted by Crippen LogP contribution is -2.19. The topological polar surface area (TPSA) is 26.0 Å². The minimum absolute atomic E-state index is 0.0694. The second-order valence-electron chi connectivity index (χ2n) is 2.50. The van der Waals surface area contributed by atoms with E-state index in [1.807, 2.05) is 13.0 Å². The van der Waals surface area contributed by atoms with Gasteiger partial charge < -0.3 is 5.73 Å². The van der Waals surface area contributed by atoms with Crippen molar-refractivity contribution in [2.45, 2.75) is 20.3 Å². The van der Waals surface area contributed by atoms with E-state index in [1.165, 1.54) is 0 Å². The van der Waals surface area contributed by atoms with Crippen LogP contribution in [0.5, 0.6) is 0 Å². The molecule has 0 aliphatic heterocycles. The standard InChI is InChI=1S/C8H15N/c1-5-8(4,6-2)7(3)9/h5H,1,3,6,9H2,2,4H3. The van der Waals surface area contributed by atoms with Gasteiger partial charge in [-0.3, -0.25) is 0 Å². The second kappa shape index (κ2) is 2.72. The Balaban J connectivity index is 4.27. The molecule has 0 saturated carbocycles. The lowest BCUT2D eigenvalue weighted by atomic mass is 9.85. The van der Waals surface area contributed by atoms with E-state index in [4.69, 9.17) is 5.73 Å². The van der Waals surface area contributed by atoms with Gasteiger partial charge in [-0.2, -0.15) is 0 Å². The van der Waals surface area contributed by atoms with Crippen LogP contribution in [0.4, 0.5) is 0 Å². The van der Waals surface area contributed by atoms with Gasteiger partial charge in [-0.1, -0.05) is 26.5 Å². The maximum absolute atomic E-state index is 5.53. The van der Waals surface area contributed by atoms with E-state index < -0.39 is 0 Å². The molecule has 1 heteroatoms. The van der Waals surface area contributed by atoms with Crippen molar-refractivity contribution in [2.75, 3.05) is 0 Å². The molecule has 0 aliphatic carbocycles. The van der Waals surface area contributed by atoms with Crippen LogP contribution in [0.3, 0.4) is 0 Å². The first-order chi connectivity index (χ1) is 4.06. The summed E-state index contributed by atoms with van der Waals surface area (Å²) in [6, 6.07) is 0. The Labute approximate surface area is 57.3 Å². The summed E-state index contributed by atoms with van der Waals surface area (Å²) in [7, 11) is 0. The highest BCUT2D eigenvalue weighted by Gasteiger charge is 2.18. The minimum atomic E-state index is -0.0694. The maximum atomic E-state index is 5.53. The second-order valence-corrected chi connectivity index (χ2v) is 2.50. The molecule has 0 aliphatic rings. The van der Waals surface area contributed by atoms with Crippen molar-refractivity contribution in [3.8, 4) is 0 Å². The quantitative estimate of drug-likeness (QED) is 0.574. The van der Waals surface area contributed by atoms with Crippen LogP contribution in [0.25, 0.3) is 0 Å². The van der Waals surface area contributed by atoms with Crippen molar-refractivity contribution in [3.05, 3.63) is 24.9 Å². The largest absolute Gasteiger partial charge is 0.402 e. The Morgan fingerprint density at radius 2 is 2.22 bits per heavy atom. The Kier molecular flexibility index (Phi) is 2.50. The van der Waals surface area contributed by atoms with Crippen LogP contribution < -0.4 is 5.73 Å². The zero-order valence-electron chi connectivity index (χ0n) is 6.28. The summed E-state index contributed by atoms with van der Waals surface area (Å²) in [5.41, 5.74) is 6.15. The van der Waals surface area contributed by atoms with Crippen molar-refractivity contribution in [3.63, 3.8) is 0 Å².